The van der Waals surface area contributed by atoms with Crippen LogP contribution in [0.4, 0.5) is 4.39 Å². The van der Waals surface area contributed by atoms with Crippen LogP contribution in [0.1, 0.15) is 27.0 Å². The molecular weight excluding hydrogens is 229 g/mol. The van der Waals surface area contributed by atoms with Crippen LogP contribution < -0.4 is 0 Å². The molecule has 2 nitrogen and oxygen atoms in total. The summed E-state index contributed by atoms with van der Waals surface area (Å²) < 4.78 is 13.1. The minimum Gasteiger partial charge on any atom is -0.300 e. The third-order valence-corrected chi connectivity index (χ3v) is 2.77. The molecule has 2 aromatic carbocycles. The van der Waals surface area contributed by atoms with Crippen molar-refractivity contribution in [2.45, 2.75) is 6.92 Å². The van der Waals surface area contributed by atoms with Crippen LogP contribution in [0.2, 0.25) is 0 Å². The van der Waals surface area contributed by atoms with Crippen molar-refractivity contribution in [1.29, 1.82) is 5.41 Å². The first-order chi connectivity index (χ1) is 8.61. The average molecular weight is 241 g/mol. The summed E-state index contributed by atoms with van der Waals surface area (Å²) in [4.78, 5) is 10.7. The van der Waals surface area contributed by atoms with E-state index in [4.69, 9.17) is 5.41 Å². The van der Waals surface area contributed by atoms with Crippen LogP contribution in [0, 0.1) is 18.2 Å². The van der Waals surface area contributed by atoms with Gasteiger partial charge in [0.2, 0.25) is 0 Å². The third kappa shape index (κ3) is 2.35. The lowest BCUT2D eigenvalue weighted by Crippen LogP contribution is -2.04. The van der Waals surface area contributed by atoms with Crippen molar-refractivity contribution in [3.05, 3.63) is 70.5 Å². The molecule has 0 fully saturated rings. The minimum atomic E-state index is -0.362. The van der Waals surface area contributed by atoms with Crippen LogP contribution in [0.25, 0.3) is 0 Å². The summed E-state index contributed by atoms with van der Waals surface area (Å²) in [6.45, 7) is 1.83. The predicted octanol–water partition coefficient (Wildman–Crippen LogP) is 3.36. The number of carbonyl (C=O) groups excluding carboxylic acids is 1. The van der Waals surface area contributed by atoms with Crippen LogP contribution in [0.3, 0.4) is 0 Å². The molecule has 0 aromatic heterocycles. The van der Waals surface area contributed by atoms with Crippen molar-refractivity contribution in [3.8, 4) is 0 Å². The molecule has 0 heterocycles. The molecule has 0 unspecified atom stereocenters. The second-order valence-corrected chi connectivity index (χ2v) is 4.08. The van der Waals surface area contributed by atoms with Gasteiger partial charge in [-0.05, 0) is 30.7 Å². The zero-order valence-corrected chi connectivity index (χ0v) is 9.91. The fourth-order valence-electron chi connectivity index (χ4n) is 1.84. The standard InChI is InChI=1S/C15H12FNO/c1-10-7-11(9-18)5-6-14(10)15(17)12-3-2-4-13(16)8-12/h2-9,17H,1H3. The van der Waals surface area contributed by atoms with Gasteiger partial charge in [-0.15, -0.1) is 0 Å². The number of aryl methyl sites for hydroxylation is 1. The highest BCUT2D eigenvalue weighted by atomic mass is 19.1. The Labute approximate surface area is 105 Å². The van der Waals surface area contributed by atoms with Crippen LogP contribution in [-0.4, -0.2) is 12.0 Å². The normalized spacial score (nSPS) is 10.1. The zero-order chi connectivity index (χ0) is 13.1. The van der Waals surface area contributed by atoms with E-state index >= 15 is 0 Å². The van der Waals surface area contributed by atoms with Gasteiger partial charge in [-0.2, -0.15) is 0 Å². The highest BCUT2D eigenvalue weighted by Crippen LogP contribution is 2.16. The number of hydrogen-bond acceptors (Lipinski definition) is 2. The predicted molar refractivity (Wildman–Crippen MR) is 68.9 cm³/mol. The molecule has 0 radical (unpaired) electrons. The fraction of sp³-hybridized carbons (Fsp3) is 0.0667. The van der Waals surface area contributed by atoms with Gasteiger partial charge in [0.15, 0.2) is 0 Å². The molecule has 2 aromatic rings. The summed E-state index contributed by atoms with van der Waals surface area (Å²) in [6.07, 6.45) is 0.766. The largest absolute Gasteiger partial charge is 0.300 e. The van der Waals surface area contributed by atoms with Gasteiger partial charge in [0, 0.05) is 16.7 Å². The maximum Gasteiger partial charge on any atom is 0.150 e. The minimum absolute atomic E-state index is 0.254. The Morgan fingerprint density at radius 1 is 1.22 bits per heavy atom. The SMILES string of the molecule is Cc1cc(C=O)ccc1C(=N)c1cccc(F)c1. The number of carbonyl (C=O) groups is 1. The van der Waals surface area contributed by atoms with Gasteiger partial charge in [-0.1, -0.05) is 24.3 Å². The summed E-state index contributed by atoms with van der Waals surface area (Å²) in [5, 5.41) is 8.08. The van der Waals surface area contributed by atoms with Gasteiger partial charge in [-0.25, -0.2) is 4.39 Å². The number of halogens is 1. The summed E-state index contributed by atoms with van der Waals surface area (Å²) in [5.74, 6) is -0.362. The summed E-state index contributed by atoms with van der Waals surface area (Å²) in [6, 6.07) is 11.0. The Kier molecular flexibility index (Phi) is 3.33. The quantitative estimate of drug-likeness (QED) is 0.649. The molecule has 90 valence electrons. The molecule has 0 aliphatic carbocycles. The molecule has 0 aliphatic rings. The number of hydrogen-bond donors (Lipinski definition) is 1. The molecule has 0 spiro atoms. The smallest absolute Gasteiger partial charge is 0.150 e. The Balaban J connectivity index is 2.43. The molecule has 0 saturated carbocycles. The number of aldehydes is 1. The number of nitrogens with one attached hydrogen (secondary N) is 1. The van der Waals surface area contributed by atoms with Gasteiger partial charge < -0.3 is 0 Å². The van der Waals surface area contributed by atoms with Crippen molar-refractivity contribution >= 4 is 12.0 Å². The van der Waals surface area contributed by atoms with Crippen molar-refractivity contribution in [1.82, 2.24) is 0 Å². The van der Waals surface area contributed by atoms with Crippen LogP contribution in [0.15, 0.2) is 42.5 Å². The number of benzene rings is 2. The molecule has 2 rings (SSSR count). The van der Waals surface area contributed by atoms with E-state index in [1.54, 1.807) is 30.3 Å². The topological polar surface area (TPSA) is 40.9 Å². The maximum absolute atomic E-state index is 13.1. The van der Waals surface area contributed by atoms with Gasteiger partial charge in [0.1, 0.15) is 12.1 Å². The van der Waals surface area contributed by atoms with Crippen LogP contribution in [0.5, 0.6) is 0 Å². The first-order valence-corrected chi connectivity index (χ1v) is 5.52. The van der Waals surface area contributed by atoms with E-state index in [2.05, 4.69) is 0 Å². The Hall–Kier alpha value is -2.29. The number of rotatable bonds is 3. The van der Waals surface area contributed by atoms with Gasteiger partial charge in [0.25, 0.3) is 0 Å². The lowest BCUT2D eigenvalue weighted by molar-refractivity contribution is 0.112. The molecule has 0 atom stereocenters. The summed E-state index contributed by atoms with van der Waals surface area (Å²) in [7, 11) is 0. The lowest BCUT2D eigenvalue weighted by Gasteiger charge is -2.08. The Bertz CT molecular complexity index is 620. The van der Waals surface area contributed by atoms with Crippen molar-refractivity contribution in [2.24, 2.45) is 0 Å². The summed E-state index contributed by atoms with van der Waals surface area (Å²) >= 11 is 0. The second kappa shape index (κ2) is 4.92. The molecule has 0 saturated heterocycles. The van der Waals surface area contributed by atoms with Gasteiger partial charge in [0.05, 0.1) is 5.71 Å². The van der Waals surface area contributed by atoms with E-state index in [0.29, 0.717) is 16.7 Å². The molecule has 0 bridgehead atoms. The van der Waals surface area contributed by atoms with Crippen molar-refractivity contribution in [3.63, 3.8) is 0 Å². The van der Waals surface area contributed by atoms with Crippen molar-refractivity contribution < 1.29 is 9.18 Å². The van der Waals surface area contributed by atoms with E-state index in [1.807, 2.05) is 6.92 Å². The monoisotopic (exact) mass is 241 g/mol. The van der Waals surface area contributed by atoms with Gasteiger partial charge in [-0.3, -0.25) is 10.2 Å². The third-order valence-electron chi connectivity index (χ3n) is 2.77. The highest BCUT2D eigenvalue weighted by Gasteiger charge is 2.08. The first-order valence-electron chi connectivity index (χ1n) is 5.52. The van der Waals surface area contributed by atoms with E-state index < -0.39 is 0 Å². The van der Waals surface area contributed by atoms with Crippen LogP contribution in [-0.2, 0) is 0 Å². The van der Waals surface area contributed by atoms with E-state index in [-0.39, 0.29) is 11.5 Å². The lowest BCUT2D eigenvalue weighted by atomic mass is 9.97. The Morgan fingerprint density at radius 3 is 2.61 bits per heavy atom. The molecular formula is C15H12FNO. The van der Waals surface area contributed by atoms with Crippen LogP contribution >= 0.6 is 0 Å². The first kappa shape index (κ1) is 12.2. The highest BCUT2D eigenvalue weighted by molar-refractivity contribution is 6.11. The second-order valence-electron chi connectivity index (χ2n) is 4.08. The fourth-order valence-corrected chi connectivity index (χ4v) is 1.84. The van der Waals surface area contributed by atoms with Crippen molar-refractivity contribution in [2.75, 3.05) is 0 Å². The zero-order valence-electron chi connectivity index (χ0n) is 9.91. The molecule has 1 N–H and O–H groups in total. The molecule has 0 amide bonds. The molecule has 0 aliphatic heterocycles. The van der Waals surface area contributed by atoms with E-state index in [1.165, 1.54) is 12.1 Å². The van der Waals surface area contributed by atoms with E-state index in [9.17, 15) is 9.18 Å². The Morgan fingerprint density at radius 2 is 2.00 bits per heavy atom. The van der Waals surface area contributed by atoms with E-state index in [0.717, 1.165) is 11.8 Å². The average Bonchev–Trinajstić information content (AvgIpc) is 2.37. The van der Waals surface area contributed by atoms with Gasteiger partial charge >= 0.3 is 0 Å². The molecule has 3 heteroatoms. The molecule has 18 heavy (non-hydrogen) atoms. The maximum atomic E-state index is 13.1. The summed E-state index contributed by atoms with van der Waals surface area (Å²) in [5.41, 5.74) is 2.88.